The van der Waals surface area contributed by atoms with Gasteiger partial charge in [-0.3, -0.25) is 4.90 Å². The fraction of sp³-hybridized carbons (Fsp3) is 0.375. The molecular weight excluding hydrogens is 252 g/mol. The highest BCUT2D eigenvalue weighted by molar-refractivity contribution is 5.58. The van der Waals surface area contributed by atoms with Crippen LogP contribution in [0.25, 0.3) is 11.3 Å². The zero-order chi connectivity index (χ0) is 13.8. The van der Waals surface area contributed by atoms with Gasteiger partial charge in [0.1, 0.15) is 6.29 Å². The van der Waals surface area contributed by atoms with Gasteiger partial charge in [0.15, 0.2) is 5.76 Å². The number of rotatable bonds is 4. The number of hydrogen-bond acceptors (Lipinski definition) is 4. The summed E-state index contributed by atoms with van der Waals surface area (Å²) in [6.07, 6.45) is 6.00. The van der Waals surface area contributed by atoms with E-state index in [1.54, 1.807) is 6.20 Å². The molecule has 2 heterocycles. The molecule has 0 saturated carbocycles. The van der Waals surface area contributed by atoms with Crippen LogP contribution in [-0.2, 0) is 11.3 Å². The summed E-state index contributed by atoms with van der Waals surface area (Å²) in [6.45, 7) is 1.54. The van der Waals surface area contributed by atoms with Gasteiger partial charge in [-0.2, -0.15) is 0 Å². The lowest BCUT2D eigenvalue weighted by Crippen LogP contribution is -2.39. The average Bonchev–Trinajstić information content (AvgIpc) is 2.97. The Hall–Kier alpha value is -1.94. The number of aldehydes is 1. The number of hydrogen-bond donors (Lipinski definition) is 0. The van der Waals surface area contributed by atoms with Gasteiger partial charge >= 0.3 is 0 Å². The largest absolute Gasteiger partial charge is 0.439 e. The Bertz CT molecular complexity index is 565. The van der Waals surface area contributed by atoms with Crippen molar-refractivity contribution < 1.29 is 9.21 Å². The fourth-order valence-corrected chi connectivity index (χ4v) is 2.66. The van der Waals surface area contributed by atoms with Crippen LogP contribution in [0.3, 0.4) is 0 Å². The lowest BCUT2D eigenvalue weighted by atomic mass is 10.0. The molecule has 3 rings (SSSR count). The SMILES string of the molecule is O=CC1CCCCN1Cc1ncc(-c2ccccc2)o1. The fourth-order valence-electron chi connectivity index (χ4n) is 2.66. The number of likely N-dealkylation sites (tertiary alicyclic amines) is 1. The predicted octanol–water partition coefficient (Wildman–Crippen LogP) is 2.90. The zero-order valence-electron chi connectivity index (χ0n) is 11.4. The number of piperidine rings is 1. The van der Waals surface area contributed by atoms with E-state index < -0.39 is 0 Å². The van der Waals surface area contributed by atoms with E-state index in [2.05, 4.69) is 9.88 Å². The first-order valence-electron chi connectivity index (χ1n) is 7.06. The van der Waals surface area contributed by atoms with Crippen molar-refractivity contribution in [1.29, 1.82) is 0 Å². The van der Waals surface area contributed by atoms with E-state index in [9.17, 15) is 4.79 Å². The van der Waals surface area contributed by atoms with Crippen molar-refractivity contribution in [2.24, 2.45) is 0 Å². The molecule has 4 heteroatoms. The Kier molecular flexibility index (Phi) is 3.92. The Morgan fingerprint density at radius 3 is 2.95 bits per heavy atom. The van der Waals surface area contributed by atoms with Crippen molar-refractivity contribution in [3.8, 4) is 11.3 Å². The number of aromatic nitrogens is 1. The number of benzene rings is 1. The molecule has 104 valence electrons. The maximum atomic E-state index is 11.1. The molecule has 1 saturated heterocycles. The number of nitrogens with zero attached hydrogens (tertiary/aromatic N) is 2. The van der Waals surface area contributed by atoms with Crippen molar-refractivity contribution in [3.05, 3.63) is 42.4 Å². The number of oxazole rings is 1. The molecule has 1 aliphatic heterocycles. The smallest absolute Gasteiger partial charge is 0.209 e. The quantitative estimate of drug-likeness (QED) is 0.801. The van der Waals surface area contributed by atoms with Gasteiger partial charge in [0, 0.05) is 5.56 Å². The standard InChI is InChI=1S/C16H18N2O2/c19-12-14-8-4-5-9-18(14)11-16-17-10-15(20-16)13-6-2-1-3-7-13/h1-3,6-7,10,12,14H,4-5,8-9,11H2. The van der Waals surface area contributed by atoms with Gasteiger partial charge in [0.05, 0.1) is 18.8 Å². The van der Waals surface area contributed by atoms with Crippen molar-refractivity contribution in [2.45, 2.75) is 31.8 Å². The Balaban J connectivity index is 1.72. The van der Waals surface area contributed by atoms with Crippen LogP contribution in [0.1, 0.15) is 25.2 Å². The van der Waals surface area contributed by atoms with Gasteiger partial charge in [-0.05, 0) is 19.4 Å². The van der Waals surface area contributed by atoms with Gasteiger partial charge in [0.2, 0.25) is 5.89 Å². The van der Waals surface area contributed by atoms with Crippen LogP contribution in [0, 0.1) is 0 Å². The Morgan fingerprint density at radius 2 is 2.15 bits per heavy atom. The first-order valence-corrected chi connectivity index (χ1v) is 7.06. The second kappa shape index (κ2) is 6.01. The summed E-state index contributed by atoms with van der Waals surface area (Å²) in [6, 6.07) is 9.94. The predicted molar refractivity (Wildman–Crippen MR) is 76.1 cm³/mol. The molecule has 1 aromatic heterocycles. The van der Waals surface area contributed by atoms with Crippen LogP contribution in [0.5, 0.6) is 0 Å². The Labute approximate surface area is 118 Å². The molecule has 1 aliphatic rings. The van der Waals surface area contributed by atoms with Crippen LogP contribution >= 0.6 is 0 Å². The summed E-state index contributed by atoms with van der Waals surface area (Å²) in [5.41, 5.74) is 1.02. The highest BCUT2D eigenvalue weighted by Crippen LogP contribution is 2.22. The van der Waals surface area contributed by atoms with Crippen molar-refractivity contribution in [2.75, 3.05) is 6.54 Å². The van der Waals surface area contributed by atoms with Gasteiger partial charge < -0.3 is 9.21 Å². The molecular formula is C16H18N2O2. The van der Waals surface area contributed by atoms with E-state index in [0.717, 1.165) is 43.4 Å². The molecule has 0 radical (unpaired) electrons. The first-order chi connectivity index (χ1) is 9.86. The maximum Gasteiger partial charge on any atom is 0.209 e. The van der Waals surface area contributed by atoms with Crippen LogP contribution in [0.4, 0.5) is 0 Å². The van der Waals surface area contributed by atoms with Gasteiger partial charge in [-0.1, -0.05) is 36.8 Å². The number of carbonyl (C=O) groups is 1. The third-order valence-electron chi connectivity index (χ3n) is 3.77. The van der Waals surface area contributed by atoms with E-state index in [1.165, 1.54) is 0 Å². The molecule has 1 unspecified atom stereocenters. The van der Waals surface area contributed by atoms with Crippen molar-refractivity contribution in [1.82, 2.24) is 9.88 Å². The topological polar surface area (TPSA) is 46.3 Å². The molecule has 0 spiro atoms. The van der Waals surface area contributed by atoms with Crippen LogP contribution in [-0.4, -0.2) is 28.8 Å². The van der Waals surface area contributed by atoms with E-state index in [1.807, 2.05) is 30.3 Å². The van der Waals surface area contributed by atoms with Crippen LogP contribution in [0.15, 0.2) is 40.9 Å². The third kappa shape index (κ3) is 2.80. The molecule has 0 amide bonds. The van der Waals surface area contributed by atoms with Crippen molar-refractivity contribution >= 4 is 6.29 Å². The first kappa shape index (κ1) is 13.1. The maximum absolute atomic E-state index is 11.1. The van der Waals surface area contributed by atoms with Crippen molar-refractivity contribution in [3.63, 3.8) is 0 Å². The molecule has 1 aromatic carbocycles. The zero-order valence-corrected chi connectivity index (χ0v) is 11.4. The molecule has 4 nitrogen and oxygen atoms in total. The van der Waals surface area contributed by atoms with Gasteiger partial charge in [-0.15, -0.1) is 0 Å². The molecule has 2 aromatic rings. The monoisotopic (exact) mass is 270 g/mol. The summed E-state index contributed by atoms with van der Waals surface area (Å²) >= 11 is 0. The van der Waals surface area contributed by atoms with E-state index in [0.29, 0.717) is 12.4 Å². The van der Waals surface area contributed by atoms with E-state index >= 15 is 0 Å². The molecule has 0 bridgehead atoms. The molecule has 0 N–H and O–H groups in total. The summed E-state index contributed by atoms with van der Waals surface area (Å²) < 4.78 is 5.80. The summed E-state index contributed by atoms with van der Waals surface area (Å²) in [7, 11) is 0. The minimum Gasteiger partial charge on any atom is -0.439 e. The third-order valence-corrected chi connectivity index (χ3v) is 3.77. The lowest BCUT2D eigenvalue weighted by molar-refractivity contribution is -0.113. The summed E-state index contributed by atoms with van der Waals surface area (Å²) in [5, 5.41) is 0. The normalized spacial score (nSPS) is 19.9. The van der Waals surface area contributed by atoms with Gasteiger partial charge in [0.25, 0.3) is 0 Å². The molecule has 1 atom stereocenters. The van der Waals surface area contributed by atoms with Crippen LogP contribution < -0.4 is 0 Å². The Morgan fingerprint density at radius 1 is 1.30 bits per heavy atom. The molecule has 0 aliphatic carbocycles. The molecule has 1 fully saturated rings. The second-order valence-electron chi connectivity index (χ2n) is 5.15. The second-order valence-corrected chi connectivity index (χ2v) is 5.15. The highest BCUT2D eigenvalue weighted by Gasteiger charge is 2.23. The van der Waals surface area contributed by atoms with E-state index in [4.69, 9.17) is 4.42 Å². The summed E-state index contributed by atoms with van der Waals surface area (Å²) in [5.74, 6) is 1.46. The van der Waals surface area contributed by atoms with E-state index in [-0.39, 0.29) is 6.04 Å². The van der Waals surface area contributed by atoms with Crippen LogP contribution in [0.2, 0.25) is 0 Å². The average molecular weight is 270 g/mol. The lowest BCUT2D eigenvalue weighted by Gasteiger charge is -2.30. The minimum atomic E-state index is 0.0100. The highest BCUT2D eigenvalue weighted by atomic mass is 16.4. The summed E-state index contributed by atoms with van der Waals surface area (Å²) in [4.78, 5) is 17.6. The molecule has 20 heavy (non-hydrogen) atoms. The van der Waals surface area contributed by atoms with Gasteiger partial charge in [-0.25, -0.2) is 4.98 Å². The minimum absolute atomic E-state index is 0.0100. The number of carbonyl (C=O) groups excluding carboxylic acids is 1.